The van der Waals surface area contributed by atoms with Crippen LogP contribution in [0.4, 0.5) is 0 Å². The second-order valence-corrected chi connectivity index (χ2v) is 2.40. The maximum absolute atomic E-state index is 9.75. The second kappa shape index (κ2) is 2.12. The molecule has 0 aromatic carbocycles. The van der Waals surface area contributed by atoms with Gasteiger partial charge in [0.1, 0.15) is 0 Å². The van der Waals surface area contributed by atoms with E-state index in [-0.39, 0.29) is 0 Å². The molecule has 0 amide bonds. The van der Waals surface area contributed by atoms with E-state index >= 15 is 0 Å². The molecule has 0 aliphatic rings. The van der Waals surface area contributed by atoms with Gasteiger partial charge in [-0.15, -0.1) is 0 Å². The van der Waals surface area contributed by atoms with E-state index in [1.54, 1.807) is 7.41 Å². The lowest BCUT2D eigenvalue weighted by Crippen LogP contribution is -2.39. The minimum atomic E-state index is 0.601. The highest BCUT2D eigenvalue weighted by molar-refractivity contribution is 6.60. The predicted octanol–water partition coefficient (Wildman–Crippen LogP) is -0.498. The Morgan fingerprint density at radius 1 is 1.43 bits per heavy atom. The summed E-state index contributed by atoms with van der Waals surface area (Å²) in [5, 5.41) is 0. The van der Waals surface area contributed by atoms with Crippen molar-refractivity contribution in [3.8, 4) is 0 Å². The molecule has 7 heavy (non-hydrogen) atoms. The number of carbonyl (C=O) groups excluding carboxylic acids is 1. The van der Waals surface area contributed by atoms with Crippen LogP contribution in [0.5, 0.6) is 0 Å². The van der Waals surface area contributed by atoms with Gasteiger partial charge in [-0.3, -0.25) is 0 Å². The van der Waals surface area contributed by atoms with Crippen molar-refractivity contribution in [2.75, 3.05) is 21.1 Å². The Morgan fingerprint density at radius 2 is 1.86 bits per heavy atom. The third-order valence-electron chi connectivity index (χ3n) is 0.508. The lowest BCUT2D eigenvalue weighted by atomic mass is 9.93. The van der Waals surface area contributed by atoms with Crippen molar-refractivity contribution in [2.24, 2.45) is 0 Å². The molecule has 2 radical (unpaired) electrons. The van der Waals surface area contributed by atoms with Gasteiger partial charge in [0.25, 0.3) is 0 Å². The van der Waals surface area contributed by atoms with Gasteiger partial charge in [0.2, 0.25) is 0 Å². The molecule has 3 heteroatoms. The number of nitrogens with zero attached hydrogens (tertiary/aromatic N) is 1. The first-order chi connectivity index (χ1) is 3.06. The average molecular weight is 98.9 g/mol. The summed E-state index contributed by atoms with van der Waals surface area (Å²) in [5.74, 6) is 0. The Bertz CT molecular complexity index is 66.6. The fourth-order valence-electron chi connectivity index (χ4n) is 0.183. The summed E-state index contributed by atoms with van der Waals surface area (Å²) in [5.41, 5.74) is 0. The molecule has 0 fully saturated rings. The van der Waals surface area contributed by atoms with Crippen molar-refractivity contribution < 1.29 is 9.19 Å². The van der Waals surface area contributed by atoms with Gasteiger partial charge in [0.05, 0.1) is 7.41 Å². The van der Waals surface area contributed by atoms with Crippen molar-refractivity contribution in [1.29, 1.82) is 0 Å². The van der Waals surface area contributed by atoms with Crippen molar-refractivity contribution in [3.05, 3.63) is 0 Å². The lowest BCUT2D eigenvalue weighted by Gasteiger charge is -2.34. The fraction of sp³-hybridized carbons (Fsp3) is 0.750. The maximum atomic E-state index is 9.75. The average Bonchev–Trinajstić information content (AvgIpc) is 1.30. The van der Waals surface area contributed by atoms with Gasteiger partial charge in [-0.05, 0) is 6.19 Å². The Hall–Kier alpha value is -0.305. The Kier molecular flexibility index (Phi) is 2.03. The van der Waals surface area contributed by atoms with E-state index < -0.39 is 0 Å². The largest absolute Gasteiger partial charge is 0.562 e. The van der Waals surface area contributed by atoms with Crippen LogP contribution >= 0.6 is 0 Å². The summed E-state index contributed by atoms with van der Waals surface area (Å²) < 4.78 is 0.601. The molecule has 0 aliphatic carbocycles. The number of hydrogen-bond donors (Lipinski definition) is 0. The van der Waals surface area contributed by atoms with Crippen molar-refractivity contribution >= 4 is 13.6 Å². The van der Waals surface area contributed by atoms with E-state index in [4.69, 9.17) is 0 Å². The Labute approximate surface area is 45.0 Å². The predicted molar refractivity (Wildman–Crippen MR) is 30.5 cm³/mol. The second-order valence-electron chi connectivity index (χ2n) is 2.40. The molecule has 0 spiro atoms. The van der Waals surface area contributed by atoms with E-state index in [1.165, 1.54) is 0 Å². The molecule has 0 saturated heterocycles. The minimum Gasteiger partial charge on any atom is -0.562 e. The van der Waals surface area contributed by atoms with Gasteiger partial charge in [0, 0.05) is 21.1 Å². The number of carbonyl (C=O) groups is 1. The van der Waals surface area contributed by atoms with Crippen LogP contribution in [0.15, 0.2) is 0 Å². The molecular formula is C4H10BNO. The van der Waals surface area contributed by atoms with Crippen LogP contribution in [0, 0.1) is 0 Å². The van der Waals surface area contributed by atoms with Crippen molar-refractivity contribution in [3.63, 3.8) is 0 Å². The molecule has 2 nitrogen and oxygen atoms in total. The van der Waals surface area contributed by atoms with Gasteiger partial charge < -0.3 is 9.19 Å². The summed E-state index contributed by atoms with van der Waals surface area (Å²) in [6.45, 7) is 0. The minimum absolute atomic E-state index is 0.601. The van der Waals surface area contributed by atoms with E-state index in [2.05, 4.69) is 0 Å². The van der Waals surface area contributed by atoms with Gasteiger partial charge in [-0.25, -0.2) is 0 Å². The highest BCUT2D eigenvalue weighted by Gasteiger charge is 1.88. The smallest absolute Gasteiger partial charge is 0.0702 e. The molecule has 0 aromatic heterocycles. The van der Waals surface area contributed by atoms with E-state index in [9.17, 15) is 4.79 Å². The zero-order valence-electron chi connectivity index (χ0n) is 5.01. The van der Waals surface area contributed by atoms with Crippen LogP contribution in [0.3, 0.4) is 0 Å². The summed E-state index contributed by atoms with van der Waals surface area (Å²) in [4.78, 5) is 9.75. The standard InChI is InChI=1S/C4H10BNO/c1-6(2,3)5-4-7/h4H,1-3H3. The monoisotopic (exact) mass is 99.1 g/mol. The molecule has 0 atom stereocenters. The SMILES string of the molecule is C[N+](C)(C)[B-]C=O. The topological polar surface area (TPSA) is 17.1 Å². The summed E-state index contributed by atoms with van der Waals surface area (Å²) >= 11 is 0. The first-order valence-corrected chi connectivity index (χ1v) is 2.17. The van der Waals surface area contributed by atoms with Gasteiger partial charge in [-0.2, -0.15) is 0 Å². The van der Waals surface area contributed by atoms with E-state index in [0.29, 0.717) is 4.39 Å². The van der Waals surface area contributed by atoms with Crippen LogP contribution in [0.2, 0.25) is 0 Å². The fourth-order valence-corrected chi connectivity index (χ4v) is 0.183. The molecule has 0 aliphatic heterocycles. The van der Waals surface area contributed by atoms with Crippen LogP contribution in [-0.2, 0) is 4.79 Å². The molecule has 0 rings (SSSR count). The molecule has 40 valence electrons. The van der Waals surface area contributed by atoms with E-state index in [1.807, 2.05) is 21.1 Å². The highest BCUT2D eigenvalue weighted by atomic mass is 16.1. The zero-order chi connectivity index (χ0) is 5.91. The molecule has 0 saturated carbocycles. The third kappa shape index (κ3) is 5.69. The zero-order valence-corrected chi connectivity index (χ0v) is 5.01. The lowest BCUT2D eigenvalue weighted by molar-refractivity contribution is -0.753. The molecule has 0 unspecified atom stereocenters. The molecule has 0 bridgehead atoms. The van der Waals surface area contributed by atoms with Crippen molar-refractivity contribution in [2.45, 2.75) is 0 Å². The van der Waals surface area contributed by atoms with Gasteiger partial charge in [0.15, 0.2) is 0 Å². The van der Waals surface area contributed by atoms with Crippen LogP contribution < -0.4 is 0 Å². The molecule has 0 N–H and O–H groups in total. The molecular weight excluding hydrogens is 88.9 g/mol. The highest BCUT2D eigenvalue weighted by Crippen LogP contribution is 1.79. The maximum Gasteiger partial charge on any atom is 0.0702 e. The van der Waals surface area contributed by atoms with Gasteiger partial charge >= 0.3 is 0 Å². The van der Waals surface area contributed by atoms with Crippen molar-refractivity contribution in [1.82, 2.24) is 0 Å². The summed E-state index contributed by atoms with van der Waals surface area (Å²) in [6.07, 6.45) is 0.806. The summed E-state index contributed by atoms with van der Waals surface area (Å²) in [7, 11) is 7.34. The van der Waals surface area contributed by atoms with Crippen LogP contribution in [-0.4, -0.2) is 39.1 Å². The Morgan fingerprint density at radius 3 is 1.86 bits per heavy atom. The quantitative estimate of drug-likeness (QED) is 0.337. The number of rotatable bonds is 2. The normalized spacial score (nSPS) is 11.3. The molecule has 0 heterocycles. The first-order valence-electron chi connectivity index (χ1n) is 2.17. The summed E-state index contributed by atoms with van der Waals surface area (Å²) in [6, 6.07) is 0. The number of quaternary nitrogens is 1. The first kappa shape index (κ1) is 6.69. The molecule has 0 aromatic rings. The van der Waals surface area contributed by atoms with Crippen LogP contribution in [0.25, 0.3) is 0 Å². The number of hydrogen-bond acceptors (Lipinski definition) is 1. The third-order valence-corrected chi connectivity index (χ3v) is 0.508. The Balaban J connectivity index is 3.34. The van der Waals surface area contributed by atoms with Crippen LogP contribution in [0.1, 0.15) is 0 Å². The van der Waals surface area contributed by atoms with E-state index in [0.717, 1.165) is 6.19 Å². The van der Waals surface area contributed by atoms with Gasteiger partial charge in [-0.1, -0.05) is 0 Å².